The minimum atomic E-state index is -3.48. The second-order valence-corrected chi connectivity index (χ2v) is 9.89. The van der Waals surface area contributed by atoms with Crippen LogP contribution in [0, 0.1) is 6.92 Å². The largest absolute Gasteiger partial charge is 0.487 e. The lowest BCUT2D eigenvalue weighted by molar-refractivity contribution is 0.0619. The molecule has 0 spiro atoms. The van der Waals surface area contributed by atoms with Gasteiger partial charge in [-0.1, -0.05) is 29.8 Å². The molecule has 150 valence electrons. The number of aryl methyl sites for hydroxylation is 1. The average Bonchev–Trinajstić information content (AvgIpc) is 2.60. The Kier molecular flexibility index (Phi) is 5.14. The summed E-state index contributed by atoms with van der Waals surface area (Å²) in [5.41, 5.74) is 2.25. The van der Waals surface area contributed by atoms with Gasteiger partial charge in [-0.3, -0.25) is 9.10 Å². The van der Waals surface area contributed by atoms with Crippen molar-refractivity contribution in [3.63, 3.8) is 0 Å². The number of amides is 1. The number of ether oxygens (including phenoxy) is 1. The Balaban J connectivity index is 1.96. The molecule has 1 amide bonds. The van der Waals surface area contributed by atoms with Crippen LogP contribution in [0.4, 0.5) is 5.69 Å². The van der Waals surface area contributed by atoms with E-state index in [0.717, 1.165) is 27.4 Å². The monoisotopic (exact) mass is 402 g/mol. The van der Waals surface area contributed by atoms with E-state index in [9.17, 15) is 13.2 Å². The van der Waals surface area contributed by atoms with Gasteiger partial charge in [-0.15, -0.1) is 0 Å². The number of sulfonamides is 1. The Bertz CT molecular complexity index is 1010. The van der Waals surface area contributed by atoms with Gasteiger partial charge in [0.15, 0.2) is 0 Å². The normalized spacial score (nSPS) is 18.0. The van der Waals surface area contributed by atoms with Crippen molar-refractivity contribution in [2.75, 3.05) is 17.6 Å². The van der Waals surface area contributed by atoms with Crippen molar-refractivity contribution < 1.29 is 17.9 Å². The minimum Gasteiger partial charge on any atom is -0.487 e. The maximum atomic E-state index is 13.1. The van der Waals surface area contributed by atoms with E-state index in [4.69, 9.17) is 4.74 Å². The highest BCUT2D eigenvalue weighted by molar-refractivity contribution is 7.92. The van der Waals surface area contributed by atoms with Crippen LogP contribution in [0.25, 0.3) is 0 Å². The van der Waals surface area contributed by atoms with Crippen LogP contribution in [0.5, 0.6) is 5.75 Å². The Hall–Kier alpha value is -2.54. The average molecular weight is 403 g/mol. The number of fused-ring (bicyclic) bond motifs is 1. The molecule has 7 heteroatoms. The van der Waals surface area contributed by atoms with Crippen LogP contribution in [0.3, 0.4) is 0 Å². The van der Waals surface area contributed by atoms with E-state index < -0.39 is 15.6 Å². The van der Waals surface area contributed by atoms with Crippen LogP contribution in [0.2, 0.25) is 0 Å². The summed E-state index contributed by atoms with van der Waals surface area (Å²) in [6, 6.07) is 12.4. The van der Waals surface area contributed by atoms with Crippen molar-refractivity contribution >= 4 is 21.6 Å². The van der Waals surface area contributed by atoms with Crippen LogP contribution in [-0.4, -0.2) is 33.2 Å². The van der Waals surface area contributed by atoms with E-state index >= 15 is 0 Å². The van der Waals surface area contributed by atoms with Gasteiger partial charge in [0.25, 0.3) is 5.91 Å². The number of nitrogens with zero attached hydrogens (tertiary/aromatic N) is 1. The third kappa shape index (κ3) is 4.14. The standard InChI is InChI=1S/C21H26N2O4S/c1-14-10-11-19-16(12-14)17(13-21(2,3)27-19)22-20(24)15-8-6-7-9-18(15)23(4)28(5,25)26/h6-12,17H,13H2,1-5H3,(H,22,24)/t17-/m1/s1. The number of rotatable bonds is 4. The molecule has 28 heavy (non-hydrogen) atoms. The van der Waals surface area contributed by atoms with E-state index in [1.165, 1.54) is 7.05 Å². The lowest BCUT2D eigenvalue weighted by Crippen LogP contribution is -2.41. The van der Waals surface area contributed by atoms with Gasteiger partial charge in [-0.2, -0.15) is 0 Å². The summed E-state index contributed by atoms with van der Waals surface area (Å²) in [6.45, 7) is 5.97. The number of carbonyl (C=O) groups is 1. The molecule has 3 rings (SSSR count). The highest BCUT2D eigenvalue weighted by atomic mass is 32.2. The molecule has 0 fully saturated rings. The third-order valence-corrected chi connectivity index (χ3v) is 6.11. The molecule has 2 aromatic rings. The van der Waals surface area contributed by atoms with Gasteiger partial charge in [0.1, 0.15) is 11.4 Å². The Morgan fingerprint density at radius 3 is 2.57 bits per heavy atom. The lowest BCUT2D eigenvalue weighted by Gasteiger charge is -2.38. The summed E-state index contributed by atoms with van der Waals surface area (Å²) in [5.74, 6) is 0.440. The van der Waals surface area contributed by atoms with Crippen LogP contribution in [-0.2, 0) is 10.0 Å². The van der Waals surface area contributed by atoms with E-state index in [2.05, 4.69) is 5.32 Å². The highest BCUT2D eigenvalue weighted by Crippen LogP contribution is 2.40. The zero-order valence-corrected chi connectivity index (χ0v) is 17.6. The van der Waals surface area contributed by atoms with Crippen molar-refractivity contribution in [2.24, 2.45) is 0 Å². The van der Waals surface area contributed by atoms with Crippen molar-refractivity contribution in [3.8, 4) is 5.75 Å². The number of benzene rings is 2. The first-order valence-electron chi connectivity index (χ1n) is 9.11. The summed E-state index contributed by atoms with van der Waals surface area (Å²) in [5, 5.41) is 3.08. The lowest BCUT2D eigenvalue weighted by atomic mass is 9.88. The predicted octanol–water partition coefficient (Wildman–Crippen LogP) is 3.42. The molecule has 2 aromatic carbocycles. The quantitative estimate of drug-likeness (QED) is 0.850. The van der Waals surface area contributed by atoms with Crippen molar-refractivity contribution in [2.45, 2.75) is 38.8 Å². The molecule has 0 saturated heterocycles. The molecule has 1 heterocycles. The number of hydrogen-bond acceptors (Lipinski definition) is 4. The fourth-order valence-electron chi connectivity index (χ4n) is 3.46. The van der Waals surface area contributed by atoms with Crippen molar-refractivity contribution in [3.05, 3.63) is 59.2 Å². The van der Waals surface area contributed by atoms with Gasteiger partial charge in [0.2, 0.25) is 10.0 Å². The van der Waals surface area contributed by atoms with Gasteiger partial charge in [-0.25, -0.2) is 8.42 Å². The molecule has 1 atom stereocenters. The molecule has 1 N–H and O–H groups in total. The fraction of sp³-hybridized carbons (Fsp3) is 0.381. The molecular weight excluding hydrogens is 376 g/mol. The van der Waals surface area contributed by atoms with Crippen molar-refractivity contribution in [1.82, 2.24) is 5.32 Å². The fourth-order valence-corrected chi connectivity index (χ4v) is 3.97. The molecule has 6 nitrogen and oxygen atoms in total. The Labute approximate surface area is 166 Å². The smallest absolute Gasteiger partial charge is 0.253 e. The van der Waals surface area contributed by atoms with Gasteiger partial charge in [0.05, 0.1) is 23.5 Å². The molecule has 0 radical (unpaired) electrons. The predicted molar refractivity (Wildman–Crippen MR) is 110 cm³/mol. The first-order chi connectivity index (χ1) is 13.0. The molecular formula is C21H26N2O4S. The van der Waals surface area contributed by atoms with E-state index in [1.54, 1.807) is 24.3 Å². The summed E-state index contributed by atoms with van der Waals surface area (Å²) in [4.78, 5) is 13.1. The first-order valence-corrected chi connectivity index (χ1v) is 11.0. The van der Waals surface area contributed by atoms with Crippen LogP contribution in [0.15, 0.2) is 42.5 Å². The second-order valence-electron chi connectivity index (χ2n) is 7.88. The van der Waals surface area contributed by atoms with E-state index in [1.807, 2.05) is 39.0 Å². The maximum absolute atomic E-state index is 13.1. The SMILES string of the molecule is Cc1ccc2c(c1)[C@H](NC(=O)c1ccccc1N(C)S(C)(=O)=O)CC(C)(C)O2. The second kappa shape index (κ2) is 7.13. The molecule has 1 aliphatic rings. The number of nitrogens with one attached hydrogen (secondary N) is 1. The molecule has 0 bridgehead atoms. The number of anilines is 1. The van der Waals surface area contributed by atoms with Crippen molar-refractivity contribution in [1.29, 1.82) is 0 Å². The van der Waals surface area contributed by atoms with Crippen LogP contribution < -0.4 is 14.4 Å². The number of para-hydroxylation sites is 1. The summed E-state index contributed by atoms with van der Waals surface area (Å²) < 4.78 is 31.1. The minimum absolute atomic E-state index is 0.234. The van der Waals surface area contributed by atoms with Gasteiger partial charge >= 0.3 is 0 Å². The van der Waals surface area contributed by atoms with E-state index in [-0.39, 0.29) is 11.9 Å². The Morgan fingerprint density at radius 2 is 1.89 bits per heavy atom. The van der Waals surface area contributed by atoms with E-state index in [0.29, 0.717) is 17.7 Å². The summed E-state index contributed by atoms with van der Waals surface area (Å²) >= 11 is 0. The maximum Gasteiger partial charge on any atom is 0.253 e. The molecule has 0 aromatic heterocycles. The molecule has 0 saturated carbocycles. The van der Waals surface area contributed by atoms with Crippen LogP contribution >= 0.6 is 0 Å². The molecule has 0 aliphatic carbocycles. The van der Waals surface area contributed by atoms with Gasteiger partial charge in [-0.05, 0) is 39.0 Å². The van der Waals surface area contributed by atoms with Gasteiger partial charge < -0.3 is 10.1 Å². The zero-order chi connectivity index (χ0) is 20.7. The molecule has 1 aliphatic heterocycles. The number of carbonyl (C=O) groups excluding carboxylic acids is 1. The number of hydrogen-bond donors (Lipinski definition) is 1. The van der Waals surface area contributed by atoms with Gasteiger partial charge in [0, 0.05) is 19.0 Å². The Morgan fingerprint density at radius 1 is 1.21 bits per heavy atom. The highest BCUT2D eigenvalue weighted by Gasteiger charge is 2.35. The topological polar surface area (TPSA) is 75.7 Å². The summed E-state index contributed by atoms with van der Waals surface area (Å²) in [7, 11) is -2.04. The molecule has 0 unspecified atom stereocenters. The third-order valence-electron chi connectivity index (χ3n) is 4.91. The first kappa shape index (κ1) is 20.2. The summed E-state index contributed by atoms with van der Waals surface area (Å²) in [6.07, 6.45) is 1.72. The zero-order valence-electron chi connectivity index (χ0n) is 16.8. The van der Waals surface area contributed by atoms with Crippen LogP contribution in [0.1, 0.15) is 47.8 Å².